The average Bonchev–Trinajstić information content (AvgIpc) is 2.67. The van der Waals surface area contributed by atoms with Gasteiger partial charge in [-0.25, -0.2) is 0 Å². The standard InChI is InChI=1S/C20H18N2O3/c23-20(18-13-24-16-8-1-2-9-17(16)25-18)22-12-10-15-6-3-5-14-7-4-11-21-19(14)15/h1-9,11,18H,10,12-13H2,(H,22,23). The number of carbonyl (C=O) groups excluding carboxylic acids is 1. The Morgan fingerprint density at radius 1 is 1.08 bits per heavy atom. The molecule has 0 fully saturated rings. The minimum atomic E-state index is -0.624. The zero-order valence-corrected chi connectivity index (χ0v) is 13.6. The minimum absolute atomic E-state index is 0.164. The molecule has 2 aromatic carbocycles. The number of carbonyl (C=O) groups is 1. The van der Waals surface area contributed by atoms with E-state index in [1.807, 2.05) is 48.5 Å². The lowest BCUT2D eigenvalue weighted by Crippen LogP contribution is -2.44. The third kappa shape index (κ3) is 3.26. The van der Waals surface area contributed by atoms with Crippen LogP contribution in [0.25, 0.3) is 10.9 Å². The van der Waals surface area contributed by atoms with E-state index in [9.17, 15) is 4.79 Å². The van der Waals surface area contributed by atoms with Crippen LogP contribution < -0.4 is 14.8 Å². The van der Waals surface area contributed by atoms with E-state index in [4.69, 9.17) is 9.47 Å². The molecule has 1 amide bonds. The molecule has 0 radical (unpaired) electrons. The average molecular weight is 334 g/mol. The van der Waals surface area contributed by atoms with Gasteiger partial charge in [-0.3, -0.25) is 9.78 Å². The molecule has 1 unspecified atom stereocenters. The van der Waals surface area contributed by atoms with Crippen LogP contribution in [0.3, 0.4) is 0 Å². The van der Waals surface area contributed by atoms with Crippen LogP contribution in [0.2, 0.25) is 0 Å². The first-order valence-electron chi connectivity index (χ1n) is 8.30. The molecule has 25 heavy (non-hydrogen) atoms. The summed E-state index contributed by atoms with van der Waals surface area (Å²) in [5.74, 6) is 1.11. The molecule has 1 aromatic heterocycles. The highest BCUT2D eigenvalue weighted by molar-refractivity contribution is 5.83. The Morgan fingerprint density at radius 2 is 1.92 bits per heavy atom. The van der Waals surface area contributed by atoms with E-state index in [0.717, 1.165) is 16.5 Å². The molecule has 0 saturated heterocycles. The molecule has 2 heterocycles. The van der Waals surface area contributed by atoms with Gasteiger partial charge in [0.05, 0.1) is 5.52 Å². The molecule has 1 N–H and O–H groups in total. The molecule has 0 bridgehead atoms. The van der Waals surface area contributed by atoms with Crippen molar-refractivity contribution in [3.8, 4) is 11.5 Å². The molecule has 1 aliphatic rings. The predicted molar refractivity (Wildman–Crippen MR) is 94.8 cm³/mol. The molecule has 3 aromatic rings. The fraction of sp³-hybridized carbons (Fsp3) is 0.200. The Hall–Kier alpha value is -3.08. The maximum Gasteiger partial charge on any atom is 0.264 e. The molecule has 5 heteroatoms. The summed E-state index contributed by atoms with van der Waals surface area (Å²) in [6.45, 7) is 0.745. The molecule has 126 valence electrons. The zero-order valence-electron chi connectivity index (χ0n) is 13.6. The number of ether oxygens (including phenoxy) is 2. The van der Waals surface area contributed by atoms with Gasteiger partial charge in [-0.05, 0) is 30.2 Å². The Balaban J connectivity index is 1.36. The van der Waals surface area contributed by atoms with E-state index in [0.29, 0.717) is 24.5 Å². The predicted octanol–water partition coefficient (Wildman–Crippen LogP) is 2.73. The molecule has 1 aliphatic heterocycles. The molecular weight excluding hydrogens is 316 g/mol. The summed E-state index contributed by atoms with van der Waals surface area (Å²) in [5, 5.41) is 4.03. The molecule has 0 spiro atoms. The summed E-state index contributed by atoms with van der Waals surface area (Å²) < 4.78 is 11.3. The van der Waals surface area contributed by atoms with Gasteiger partial charge in [-0.2, -0.15) is 0 Å². The summed E-state index contributed by atoms with van der Waals surface area (Å²) >= 11 is 0. The quantitative estimate of drug-likeness (QED) is 0.797. The normalized spacial score (nSPS) is 15.8. The molecule has 0 aliphatic carbocycles. The van der Waals surface area contributed by atoms with E-state index >= 15 is 0 Å². The summed E-state index contributed by atoms with van der Waals surface area (Å²) in [6.07, 6.45) is 1.87. The summed E-state index contributed by atoms with van der Waals surface area (Å²) in [7, 11) is 0. The van der Waals surface area contributed by atoms with Crippen molar-refractivity contribution in [1.29, 1.82) is 0 Å². The fourth-order valence-corrected chi connectivity index (χ4v) is 2.95. The van der Waals surface area contributed by atoms with Gasteiger partial charge < -0.3 is 14.8 Å². The topological polar surface area (TPSA) is 60.5 Å². The lowest BCUT2D eigenvalue weighted by atomic mass is 10.1. The summed E-state index contributed by atoms with van der Waals surface area (Å²) in [5.41, 5.74) is 2.09. The molecule has 0 saturated carbocycles. The van der Waals surface area contributed by atoms with E-state index in [2.05, 4.69) is 10.3 Å². The van der Waals surface area contributed by atoms with Crippen LogP contribution >= 0.6 is 0 Å². The van der Waals surface area contributed by atoms with Crippen molar-refractivity contribution >= 4 is 16.8 Å². The van der Waals surface area contributed by atoms with Crippen LogP contribution in [0.1, 0.15) is 5.56 Å². The Labute approximate surface area is 145 Å². The van der Waals surface area contributed by atoms with Gasteiger partial charge in [-0.1, -0.05) is 36.4 Å². The summed E-state index contributed by atoms with van der Waals surface area (Å²) in [6, 6.07) is 17.4. The van der Waals surface area contributed by atoms with Crippen LogP contribution in [-0.4, -0.2) is 30.1 Å². The second-order valence-corrected chi connectivity index (χ2v) is 5.90. The first-order chi connectivity index (χ1) is 12.3. The van der Waals surface area contributed by atoms with Gasteiger partial charge in [0.1, 0.15) is 6.61 Å². The van der Waals surface area contributed by atoms with Gasteiger partial charge in [-0.15, -0.1) is 0 Å². The Morgan fingerprint density at radius 3 is 2.84 bits per heavy atom. The monoisotopic (exact) mass is 334 g/mol. The molecule has 4 rings (SSSR count). The van der Waals surface area contributed by atoms with Crippen molar-refractivity contribution < 1.29 is 14.3 Å². The van der Waals surface area contributed by atoms with Crippen LogP contribution in [0.15, 0.2) is 60.8 Å². The van der Waals surface area contributed by atoms with Gasteiger partial charge in [0.2, 0.25) is 6.10 Å². The number of nitrogens with one attached hydrogen (secondary N) is 1. The number of amides is 1. The molecule has 1 atom stereocenters. The number of hydrogen-bond donors (Lipinski definition) is 1. The first-order valence-corrected chi connectivity index (χ1v) is 8.30. The molecule has 5 nitrogen and oxygen atoms in total. The second-order valence-electron chi connectivity index (χ2n) is 5.90. The number of nitrogens with zero attached hydrogens (tertiary/aromatic N) is 1. The van der Waals surface area contributed by atoms with Crippen LogP contribution in [-0.2, 0) is 11.2 Å². The first kappa shape index (κ1) is 15.4. The van der Waals surface area contributed by atoms with Crippen molar-refractivity contribution in [2.75, 3.05) is 13.2 Å². The number of fused-ring (bicyclic) bond motifs is 2. The highest BCUT2D eigenvalue weighted by Crippen LogP contribution is 2.30. The third-order valence-corrected chi connectivity index (χ3v) is 4.21. The number of hydrogen-bond acceptors (Lipinski definition) is 4. The maximum absolute atomic E-state index is 12.3. The maximum atomic E-state index is 12.3. The van der Waals surface area contributed by atoms with Crippen LogP contribution in [0.5, 0.6) is 11.5 Å². The van der Waals surface area contributed by atoms with Crippen molar-refractivity contribution in [2.24, 2.45) is 0 Å². The molecular formula is C20H18N2O3. The number of pyridine rings is 1. The van der Waals surface area contributed by atoms with Gasteiger partial charge >= 0.3 is 0 Å². The summed E-state index contributed by atoms with van der Waals surface area (Å²) in [4.78, 5) is 16.8. The Bertz CT molecular complexity index is 905. The fourth-order valence-electron chi connectivity index (χ4n) is 2.95. The van der Waals surface area contributed by atoms with Crippen LogP contribution in [0, 0.1) is 0 Å². The van der Waals surface area contributed by atoms with Crippen molar-refractivity contribution in [1.82, 2.24) is 10.3 Å². The smallest absolute Gasteiger partial charge is 0.264 e. The van der Waals surface area contributed by atoms with E-state index in [1.54, 1.807) is 12.3 Å². The van der Waals surface area contributed by atoms with E-state index in [-0.39, 0.29) is 12.5 Å². The van der Waals surface area contributed by atoms with E-state index < -0.39 is 6.10 Å². The third-order valence-electron chi connectivity index (χ3n) is 4.21. The minimum Gasteiger partial charge on any atom is -0.485 e. The van der Waals surface area contributed by atoms with Crippen LogP contribution in [0.4, 0.5) is 0 Å². The largest absolute Gasteiger partial charge is 0.485 e. The number of para-hydroxylation sites is 3. The van der Waals surface area contributed by atoms with Crippen molar-refractivity contribution in [3.63, 3.8) is 0 Å². The number of benzene rings is 2. The van der Waals surface area contributed by atoms with Gasteiger partial charge in [0.15, 0.2) is 11.5 Å². The van der Waals surface area contributed by atoms with Crippen molar-refractivity contribution in [2.45, 2.75) is 12.5 Å². The lowest BCUT2D eigenvalue weighted by molar-refractivity contribution is -0.130. The highest BCUT2D eigenvalue weighted by Gasteiger charge is 2.26. The number of aromatic nitrogens is 1. The SMILES string of the molecule is O=C(NCCc1cccc2cccnc12)C1COc2ccccc2O1. The lowest BCUT2D eigenvalue weighted by Gasteiger charge is -2.25. The number of rotatable bonds is 4. The van der Waals surface area contributed by atoms with Crippen molar-refractivity contribution in [3.05, 3.63) is 66.4 Å². The second kappa shape index (κ2) is 6.81. The van der Waals surface area contributed by atoms with Gasteiger partial charge in [0, 0.05) is 18.1 Å². The Kier molecular flexibility index (Phi) is 4.21. The van der Waals surface area contributed by atoms with E-state index in [1.165, 1.54) is 0 Å². The highest BCUT2D eigenvalue weighted by atomic mass is 16.6. The zero-order chi connectivity index (χ0) is 17.1. The van der Waals surface area contributed by atoms with Gasteiger partial charge in [0.25, 0.3) is 5.91 Å².